The highest BCUT2D eigenvalue weighted by Gasteiger charge is 2.33. The average molecular weight is 396 g/mol. The van der Waals surface area contributed by atoms with Crippen LogP contribution in [0.25, 0.3) is 6.08 Å². The van der Waals surface area contributed by atoms with Gasteiger partial charge in [0.05, 0.1) is 5.69 Å². The van der Waals surface area contributed by atoms with Gasteiger partial charge in [0.2, 0.25) is 0 Å². The van der Waals surface area contributed by atoms with Crippen molar-refractivity contribution in [3.63, 3.8) is 0 Å². The number of thiocarbonyl (C=S) groups is 1. The van der Waals surface area contributed by atoms with Crippen molar-refractivity contribution in [1.82, 2.24) is 5.32 Å². The third-order valence-corrected chi connectivity index (χ3v) is 5.43. The Bertz CT molecular complexity index is 918. The van der Waals surface area contributed by atoms with Gasteiger partial charge in [-0.15, -0.1) is 0 Å². The van der Waals surface area contributed by atoms with Gasteiger partial charge in [0.25, 0.3) is 5.91 Å². The lowest BCUT2D eigenvalue weighted by molar-refractivity contribution is -0.113. The average Bonchev–Trinajstić information content (AvgIpc) is 2.89. The minimum Gasteiger partial charge on any atom is -0.372 e. The number of benzene rings is 2. The normalized spacial score (nSPS) is 19.1. The Labute approximate surface area is 169 Å². The maximum atomic E-state index is 14.1. The number of halogens is 1. The van der Waals surface area contributed by atoms with E-state index in [1.165, 1.54) is 42.3 Å². The predicted molar refractivity (Wildman–Crippen MR) is 115 cm³/mol. The number of rotatable bonds is 3. The summed E-state index contributed by atoms with van der Waals surface area (Å²) in [4.78, 5) is 16.4. The zero-order chi connectivity index (χ0) is 19.5. The number of carbonyl (C=O) groups is 1. The molecule has 0 aromatic heterocycles. The van der Waals surface area contributed by atoms with Crippen molar-refractivity contribution in [2.24, 2.45) is 0 Å². The molecule has 0 saturated carbocycles. The van der Waals surface area contributed by atoms with Crippen LogP contribution in [0.3, 0.4) is 0 Å². The van der Waals surface area contributed by atoms with E-state index < -0.39 is 5.82 Å². The molecule has 0 radical (unpaired) electrons. The molecule has 144 valence electrons. The third-order valence-electron chi connectivity index (χ3n) is 5.15. The molecule has 28 heavy (non-hydrogen) atoms. The number of hydrogen-bond acceptors (Lipinski definition) is 3. The lowest BCUT2D eigenvalue weighted by Gasteiger charge is -2.22. The topological polar surface area (TPSA) is 35.6 Å². The first kappa shape index (κ1) is 18.6. The highest BCUT2D eigenvalue weighted by Crippen LogP contribution is 2.26. The third kappa shape index (κ3) is 3.78. The first-order chi connectivity index (χ1) is 13.6. The Kier molecular flexibility index (Phi) is 5.39. The number of nitrogens with zero attached hydrogens (tertiary/aromatic N) is 2. The molecule has 4 nitrogen and oxygen atoms in total. The van der Waals surface area contributed by atoms with Crippen LogP contribution in [0.15, 0.2) is 54.2 Å². The maximum Gasteiger partial charge on any atom is 0.281 e. The van der Waals surface area contributed by atoms with Crippen molar-refractivity contribution in [3.8, 4) is 0 Å². The van der Waals surface area contributed by atoms with Crippen LogP contribution < -0.4 is 15.1 Å². The van der Waals surface area contributed by atoms with E-state index in [1.54, 1.807) is 24.3 Å². The maximum absolute atomic E-state index is 14.1. The zero-order valence-corrected chi connectivity index (χ0v) is 16.3. The molecule has 1 N–H and O–H groups in total. The fourth-order valence-corrected chi connectivity index (χ4v) is 3.96. The van der Waals surface area contributed by atoms with E-state index in [1.807, 2.05) is 12.1 Å². The highest BCUT2D eigenvalue weighted by molar-refractivity contribution is 7.80. The number of hydrogen-bond donors (Lipinski definition) is 1. The summed E-state index contributed by atoms with van der Waals surface area (Å²) in [7, 11) is 0. The molecule has 4 rings (SSSR count). The lowest BCUT2D eigenvalue weighted by Crippen LogP contribution is -2.31. The molecular formula is C22H22FN3OS. The predicted octanol–water partition coefficient (Wildman–Crippen LogP) is 4.47. The summed E-state index contributed by atoms with van der Waals surface area (Å²) in [5.74, 6) is -0.838. The monoisotopic (exact) mass is 395 g/mol. The second-order valence-corrected chi connectivity index (χ2v) is 7.46. The minimum absolute atomic E-state index is 0.157. The highest BCUT2D eigenvalue weighted by atomic mass is 32.1. The number of amides is 1. The molecule has 6 heteroatoms. The van der Waals surface area contributed by atoms with E-state index in [2.05, 4.69) is 22.3 Å². The van der Waals surface area contributed by atoms with E-state index in [0.29, 0.717) is 5.70 Å². The molecule has 2 aliphatic rings. The Balaban J connectivity index is 1.53. The summed E-state index contributed by atoms with van der Waals surface area (Å²) < 4.78 is 14.1. The Morgan fingerprint density at radius 2 is 1.64 bits per heavy atom. The first-order valence-corrected chi connectivity index (χ1v) is 10.0. The lowest BCUT2D eigenvalue weighted by atomic mass is 10.1. The summed E-state index contributed by atoms with van der Waals surface area (Å²) in [5.41, 5.74) is 2.60. The largest absolute Gasteiger partial charge is 0.372 e. The van der Waals surface area contributed by atoms with Crippen molar-refractivity contribution < 1.29 is 9.18 Å². The molecule has 2 fully saturated rings. The van der Waals surface area contributed by atoms with Gasteiger partial charge < -0.3 is 10.2 Å². The SMILES string of the molecule is O=C1/C(=C\c2ccc(N3CCCCCC3)cc2)NC(=S)N1c1ccccc1F. The number of nitrogens with one attached hydrogen (secondary N) is 1. The second kappa shape index (κ2) is 8.10. The molecule has 2 aromatic carbocycles. The van der Waals surface area contributed by atoms with Gasteiger partial charge >= 0.3 is 0 Å². The standard InChI is InChI=1S/C22H22FN3OS/c23-18-7-3-4-8-20(18)26-21(27)19(24-22(26)28)15-16-9-11-17(12-10-16)25-13-5-1-2-6-14-25/h3-4,7-12,15H,1-2,5-6,13-14H2,(H,24,28)/b19-15+. The van der Waals surface area contributed by atoms with Crippen LogP contribution in [0.5, 0.6) is 0 Å². The van der Waals surface area contributed by atoms with Gasteiger partial charge in [0.15, 0.2) is 5.11 Å². The zero-order valence-electron chi connectivity index (χ0n) is 15.5. The van der Waals surface area contributed by atoms with E-state index in [4.69, 9.17) is 12.2 Å². The second-order valence-electron chi connectivity index (χ2n) is 7.07. The number of para-hydroxylation sites is 1. The molecule has 2 saturated heterocycles. The molecule has 0 atom stereocenters. The quantitative estimate of drug-likeness (QED) is 0.615. The van der Waals surface area contributed by atoms with Crippen molar-refractivity contribution in [1.29, 1.82) is 0 Å². The fraction of sp³-hybridized carbons (Fsp3) is 0.273. The van der Waals surface area contributed by atoms with Gasteiger partial charge in [-0.25, -0.2) is 9.29 Å². The van der Waals surface area contributed by atoms with Gasteiger partial charge in [-0.1, -0.05) is 37.1 Å². The van der Waals surface area contributed by atoms with Crippen LogP contribution in [-0.2, 0) is 4.79 Å². The molecular weight excluding hydrogens is 373 g/mol. The van der Waals surface area contributed by atoms with Gasteiger partial charge in [-0.3, -0.25) is 4.79 Å². The van der Waals surface area contributed by atoms with Crippen molar-refractivity contribution in [2.45, 2.75) is 25.7 Å². The van der Waals surface area contributed by atoms with Crippen LogP contribution in [0, 0.1) is 5.82 Å². The summed E-state index contributed by atoms with van der Waals surface area (Å²) in [6, 6.07) is 14.3. The Morgan fingerprint density at radius 3 is 2.32 bits per heavy atom. The number of anilines is 2. The fourth-order valence-electron chi connectivity index (χ4n) is 3.66. The number of carbonyl (C=O) groups excluding carboxylic acids is 1. The van der Waals surface area contributed by atoms with Crippen LogP contribution in [0.4, 0.5) is 15.8 Å². The van der Waals surface area contributed by atoms with Crippen molar-refractivity contribution >= 4 is 40.7 Å². The summed E-state index contributed by atoms with van der Waals surface area (Å²) in [5, 5.41) is 3.09. The summed E-state index contributed by atoms with van der Waals surface area (Å²) in [6.07, 6.45) is 6.81. The Hall–Kier alpha value is -2.73. The molecule has 0 bridgehead atoms. The van der Waals surface area contributed by atoms with Gasteiger partial charge in [-0.05, 0) is 61.0 Å². The summed E-state index contributed by atoms with van der Waals surface area (Å²) >= 11 is 5.25. The minimum atomic E-state index is -0.483. The van der Waals surface area contributed by atoms with Crippen LogP contribution in [0.1, 0.15) is 31.2 Å². The van der Waals surface area contributed by atoms with Crippen molar-refractivity contribution in [2.75, 3.05) is 22.9 Å². The molecule has 2 heterocycles. The molecule has 1 amide bonds. The molecule has 0 spiro atoms. The van der Waals surface area contributed by atoms with E-state index >= 15 is 0 Å². The molecule has 2 aliphatic heterocycles. The Morgan fingerprint density at radius 1 is 0.964 bits per heavy atom. The molecule has 0 aliphatic carbocycles. The van der Waals surface area contributed by atoms with E-state index in [-0.39, 0.29) is 16.7 Å². The van der Waals surface area contributed by atoms with Gasteiger partial charge in [0, 0.05) is 18.8 Å². The summed E-state index contributed by atoms with van der Waals surface area (Å²) in [6.45, 7) is 2.18. The van der Waals surface area contributed by atoms with Crippen LogP contribution in [-0.4, -0.2) is 24.1 Å². The van der Waals surface area contributed by atoms with Crippen LogP contribution in [0.2, 0.25) is 0 Å². The van der Waals surface area contributed by atoms with Gasteiger partial charge in [-0.2, -0.15) is 0 Å². The van der Waals surface area contributed by atoms with Gasteiger partial charge in [0.1, 0.15) is 11.5 Å². The molecule has 2 aromatic rings. The first-order valence-electron chi connectivity index (χ1n) is 9.60. The van der Waals surface area contributed by atoms with Crippen molar-refractivity contribution in [3.05, 3.63) is 65.6 Å². The smallest absolute Gasteiger partial charge is 0.281 e. The van der Waals surface area contributed by atoms with Crippen LogP contribution >= 0.6 is 12.2 Å². The molecule has 0 unspecified atom stereocenters. The van der Waals surface area contributed by atoms with E-state index in [0.717, 1.165) is 18.7 Å². The van der Waals surface area contributed by atoms with E-state index in [9.17, 15) is 9.18 Å².